The first kappa shape index (κ1) is 21.0. The van der Waals surface area contributed by atoms with Gasteiger partial charge in [0.25, 0.3) is 0 Å². The second kappa shape index (κ2) is 9.73. The quantitative estimate of drug-likeness (QED) is 0.704. The molecule has 2 amide bonds. The molecule has 8 heteroatoms. The molecule has 164 valence electrons. The summed E-state index contributed by atoms with van der Waals surface area (Å²) in [5.41, 5.74) is 0.997. The smallest absolute Gasteiger partial charge is 0.222 e. The Morgan fingerprint density at radius 2 is 1.90 bits per heavy atom. The van der Waals surface area contributed by atoms with Gasteiger partial charge in [-0.2, -0.15) is 0 Å². The molecule has 0 unspecified atom stereocenters. The van der Waals surface area contributed by atoms with E-state index in [-0.39, 0.29) is 11.8 Å². The summed E-state index contributed by atoms with van der Waals surface area (Å²) in [5, 5.41) is 0. The summed E-state index contributed by atoms with van der Waals surface area (Å²) in [6.07, 6.45) is 4.71. The van der Waals surface area contributed by atoms with E-state index in [9.17, 15) is 9.59 Å². The summed E-state index contributed by atoms with van der Waals surface area (Å²) < 4.78 is 5.45. The zero-order valence-electron chi connectivity index (χ0n) is 18.0. The summed E-state index contributed by atoms with van der Waals surface area (Å²) in [5.74, 6) is 2.65. The van der Waals surface area contributed by atoms with Crippen molar-refractivity contribution in [3.8, 4) is 0 Å². The van der Waals surface area contributed by atoms with E-state index in [1.165, 1.54) is 0 Å². The maximum absolute atomic E-state index is 12.6. The number of rotatable bonds is 6. The molecule has 0 saturated carbocycles. The van der Waals surface area contributed by atoms with Crippen LogP contribution >= 0.6 is 0 Å². The zero-order valence-corrected chi connectivity index (χ0v) is 18.0. The first-order chi connectivity index (χ1) is 14.6. The third kappa shape index (κ3) is 5.09. The largest absolute Gasteiger partial charge is 0.378 e. The summed E-state index contributed by atoms with van der Waals surface area (Å²) in [7, 11) is 0. The summed E-state index contributed by atoms with van der Waals surface area (Å²) in [6, 6.07) is 2.05. The van der Waals surface area contributed by atoms with E-state index >= 15 is 0 Å². The molecule has 3 saturated heterocycles. The van der Waals surface area contributed by atoms with Crippen LogP contribution in [0.2, 0.25) is 0 Å². The van der Waals surface area contributed by atoms with Crippen LogP contribution in [0.1, 0.15) is 56.0 Å². The molecule has 0 radical (unpaired) electrons. The van der Waals surface area contributed by atoms with Crippen molar-refractivity contribution in [2.75, 3.05) is 57.4 Å². The minimum absolute atomic E-state index is 0.208. The molecule has 4 heterocycles. The van der Waals surface area contributed by atoms with Crippen LogP contribution in [0.5, 0.6) is 0 Å². The van der Waals surface area contributed by atoms with Gasteiger partial charge in [0.15, 0.2) is 0 Å². The van der Waals surface area contributed by atoms with Crippen molar-refractivity contribution in [3.63, 3.8) is 0 Å². The lowest BCUT2D eigenvalue weighted by Crippen LogP contribution is -2.39. The number of hydrogen-bond donors (Lipinski definition) is 0. The molecule has 30 heavy (non-hydrogen) atoms. The van der Waals surface area contributed by atoms with Crippen molar-refractivity contribution < 1.29 is 14.3 Å². The number of likely N-dealkylation sites (tertiary alicyclic amines) is 2. The predicted molar refractivity (Wildman–Crippen MR) is 113 cm³/mol. The number of morpholine rings is 1. The van der Waals surface area contributed by atoms with Crippen LogP contribution < -0.4 is 4.90 Å². The number of amides is 2. The van der Waals surface area contributed by atoms with Gasteiger partial charge in [-0.3, -0.25) is 9.59 Å². The molecule has 0 spiro atoms. The van der Waals surface area contributed by atoms with Gasteiger partial charge in [0.1, 0.15) is 11.6 Å². The number of ether oxygens (including phenoxy) is 1. The number of carbonyl (C=O) groups excluding carboxylic acids is 2. The molecule has 4 rings (SSSR count). The molecule has 3 fully saturated rings. The summed E-state index contributed by atoms with van der Waals surface area (Å²) in [6.45, 7) is 8.32. The van der Waals surface area contributed by atoms with Crippen LogP contribution in [0.3, 0.4) is 0 Å². The summed E-state index contributed by atoms with van der Waals surface area (Å²) >= 11 is 0. The lowest BCUT2D eigenvalue weighted by molar-refractivity contribution is -0.133. The van der Waals surface area contributed by atoms with Crippen LogP contribution in [0.15, 0.2) is 6.07 Å². The van der Waals surface area contributed by atoms with Gasteiger partial charge < -0.3 is 19.4 Å². The van der Waals surface area contributed by atoms with Gasteiger partial charge >= 0.3 is 0 Å². The average Bonchev–Trinajstić information content (AvgIpc) is 3.18. The number of aromatic nitrogens is 2. The minimum Gasteiger partial charge on any atom is -0.378 e. The van der Waals surface area contributed by atoms with Crippen LogP contribution in [-0.2, 0) is 14.3 Å². The Balaban J connectivity index is 1.27. The van der Waals surface area contributed by atoms with Crippen LogP contribution in [0.25, 0.3) is 0 Å². The standard InChI is InChI=1S/C22H33N5O3/c1-17-16-19(25-12-14-30-15-13-25)24-22(23-17)18-6-10-27(11-7-18)21(29)5-3-9-26-8-2-4-20(26)28/h16,18H,2-15H2,1H3. The van der Waals surface area contributed by atoms with Gasteiger partial charge in [-0.1, -0.05) is 0 Å². The molecule has 0 atom stereocenters. The van der Waals surface area contributed by atoms with E-state index in [0.29, 0.717) is 25.3 Å². The fourth-order valence-corrected chi connectivity index (χ4v) is 4.62. The Bertz CT molecular complexity index is 757. The van der Waals surface area contributed by atoms with Crippen LogP contribution in [0.4, 0.5) is 5.82 Å². The van der Waals surface area contributed by atoms with Crippen molar-refractivity contribution in [3.05, 3.63) is 17.6 Å². The molecular formula is C22H33N5O3. The number of aryl methyl sites for hydroxylation is 1. The fraction of sp³-hybridized carbons (Fsp3) is 0.727. The Hall–Kier alpha value is -2.22. The molecule has 8 nitrogen and oxygen atoms in total. The van der Waals surface area contributed by atoms with E-state index in [1.807, 2.05) is 16.7 Å². The number of anilines is 1. The maximum atomic E-state index is 12.6. The highest BCUT2D eigenvalue weighted by atomic mass is 16.5. The first-order valence-electron chi connectivity index (χ1n) is 11.3. The molecule has 0 aromatic carbocycles. The molecule has 1 aromatic heterocycles. The molecule has 0 bridgehead atoms. The highest BCUT2D eigenvalue weighted by Crippen LogP contribution is 2.28. The van der Waals surface area contributed by atoms with Gasteiger partial charge in [-0.25, -0.2) is 9.97 Å². The van der Waals surface area contributed by atoms with Crippen LogP contribution in [0, 0.1) is 6.92 Å². The lowest BCUT2D eigenvalue weighted by Gasteiger charge is -2.32. The number of hydrogen-bond acceptors (Lipinski definition) is 6. The third-order valence-electron chi connectivity index (χ3n) is 6.40. The highest BCUT2D eigenvalue weighted by molar-refractivity contribution is 5.78. The van der Waals surface area contributed by atoms with Crippen molar-refractivity contribution >= 4 is 17.6 Å². The van der Waals surface area contributed by atoms with Gasteiger partial charge in [-0.05, 0) is 32.6 Å². The Kier molecular flexibility index (Phi) is 6.82. The Morgan fingerprint density at radius 1 is 1.13 bits per heavy atom. The number of piperidine rings is 1. The second-order valence-electron chi connectivity index (χ2n) is 8.57. The topological polar surface area (TPSA) is 78.9 Å². The van der Waals surface area contributed by atoms with Crippen molar-refractivity contribution in [1.29, 1.82) is 0 Å². The number of carbonyl (C=O) groups is 2. The maximum Gasteiger partial charge on any atom is 0.222 e. The predicted octanol–water partition coefficient (Wildman–Crippen LogP) is 1.73. The highest BCUT2D eigenvalue weighted by Gasteiger charge is 2.27. The van der Waals surface area contributed by atoms with Crippen molar-refractivity contribution in [2.24, 2.45) is 0 Å². The normalized spacial score (nSPS) is 20.8. The monoisotopic (exact) mass is 415 g/mol. The molecule has 3 aliphatic heterocycles. The van der Waals surface area contributed by atoms with Gasteiger partial charge in [0.05, 0.1) is 13.2 Å². The average molecular weight is 416 g/mol. The molecular weight excluding hydrogens is 382 g/mol. The molecule has 0 N–H and O–H groups in total. The molecule has 1 aromatic rings. The Morgan fingerprint density at radius 3 is 2.60 bits per heavy atom. The molecule has 3 aliphatic rings. The first-order valence-corrected chi connectivity index (χ1v) is 11.3. The van der Waals surface area contributed by atoms with Gasteiger partial charge in [0, 0.05) is 69.8 Å². The third-order valence-corrected chi connectivity index (χ3v) is 6.40. The minimum atomic E-state index is 0.208. The SMILES string of the molecule is Cc1cc(N2CCOCC2)nc(C2CCN(C(=O)CCCN3CCCC3=O)CC2)n1. The van der Waals surface area contributed by atoms with E-state index in [4.69, 9.17) is 14.7 Å². The number of nitrogens with zero attached hydrogens (tertiary/aromatic N) is 5. The van der Waals surface area contributed by atoms with Crippen LogP contribution in [-0.4, -0.2) is 84.1 Å². The lowest BCUT2D eigenvalue weighted by atomic mass is 9.95. The van der Waals surface area contributed by atoms with Gasteiger partial charge in [0.2, 0.25) is 11.8 Å². The van der Waals surface area contributed by atoms with E-state index in [1.54, 1.807) is 0 Å². The van der Waals surface area contributed by atoms with Gasteiger partial charge in [-0.15, -0.1) is 0 Å². The zero-order chi connectivity index (χ0) is 20.9. The van der Waals surface area contributed by atoms with Crippen molar-refractivity contribution in [2.45, 2.75) is 51.4 Å². The fourth-order valence-electron chi connectivity index (χ4n) is 4.62. The van der Waals surface area contributed by atoms with Crippen molar-refractivity contribution in [1.82, 2.24) is 19.8 Å². The van der Waals surface area contributed by atoms with E-state index in [0.717, 1.165) is 89.0 Å². The molecule has 0 aliphatic carbocycles. The van der Waals surface area contributed by atoms with E-state index in [2.05, 4.69) is 11.0 Å². The van der Waals surface area contributed by atoms with E-state index < -0.39 is 0 Å². The second-order valence-corrected chi connectivity index (χ2v) is 8.57. The Labute approximate surface area is 178 Å². The summed E-state index contributed by atoms with van der Waals surface area (Å²) in [4.78, 5) is 40.0.